The second-order valence-electron chi connectivity index (χ2n) is 6.97. The van der Waals surface area contributed by atoms with Gasteiger partial charge in [-0.05, 0) is 32.0 Å². The van der Waals surface area contributed by atoms with E-state index in [0.717, 1.165) is 37.6 Å². The lowest BCUT2D eigenvalue weighted by Gasteiger charge is -2.40. The van der Waals surface area contributed by atoms with Crippen LogP contribution in [0.1, 0.15) is 30.0 Å². The number of hydrogen-bond acceptors (Lipinski definition) is 5. The minimum absolute atomic E-state index is 0.146. The number of amides is 1. The number of nitrogens with one attached hydrogen (secondary N) is 1. The predicted octanol–water partition coefficient (Wildman–Crippen LogP) is 2.70. The molecule has 6 heteroatoms. The van der Waals surface area contributed by atoms with Crippen LogP contribution in [0.2, 0.25) is 0 Å². The molecule has 140 valence electrons. The Kier molecular flexibility index (Phi) is 5.96. The van der Waals surface area contributed by atoms with Gasteiger partial charge in [0, 0.05) is 30.7 Å². The molecule has 3 rings (SSSR count). The molecule has 1 fully saturated rings. The van der Waals surface area contributed by atoms with E-state index in [-0.39, 0.29) is 18.1 Å². The number of rotatable bonds is 7. The highest BCUT2D eigenvalue weighted by molar-refractivity contribution is 5.92. The number of hydrogen-bond donors (Lipinski definition) is 1. The maximum atomic E-state index is 12.6. The molecule has 0 spiro atoms. The van der Waals surface area contributed by atoms with E-state index in [0.29, 0.717) is 12.3 Å². The van der Waals surface area contributed by atoms with Gasteiger partial charge in [-0.1, -0.05) is 18.2 Å². The minimum atomic E-state index is -0.219. The summed E-state index contributed by atoms with van der Waals surface area (Å²) in [6.07, 6.45) is 1.52. The van der Waals surface area contributed by atoms with Crippen LogP contribution < -0.4 is 10.1 Å². The fraction of sp³-hybridized carbons (Fsp3) is 0.450. The molecule has 1 N–H and O–H groups in total. The van der Waals surface area contributed by atoms with E-state index < -0.39 is 0 Å². The number of nitrogens with zero attached hydrogens (tertiary/aromatic N) is 1. The highest BCUT2D eigenvalue weighted by atomic mass is 16.5. The Morgan fingerprint density at radius 3 is 2.65 bits per heavy atom. The lowest BCUT2D eigenvalue weighted by Crippen LogP contribution is -2.55. The smallest absolute Gasteiger partial charge is 0.287 e. The highest BCUT2D eigenvalue weighted by Crippen LogP contribution is 2.18. The number of carbonyl (C=O) groups is 1. The molecule has 0 atom stereocenters. The molecule has 1 aromatic carbocycles. The first-order valence-corrected chi connectivity index (χ1v) is 8.91. The molecule has 1 aliphatic rings. The quantitative estimate of drug-likeness (QED) is 0.824. The van der Waals surface area contributed by atoms with Crippen molar-refractivity contribution in [2.24, 2.45) is 0 Å². The summed E-state index contributed by atoms with van der Waals surface area (Å²) >= 11 is 0. The summed E-state index contributed by atoms with van der Waals surface area (Å²) in [7, 11) is 0. The number of ether oxygens (including phenoxy) is 2. The molecule has 1 aromatic heterocycles. The van der Waals surface area contributed by atoms with Crippen molar-refractivity contribution in [3.8, 4) is 5.75 Å². The van der Waals surface area contributed by atoms with Gasteiger partial charge in [-0.2, -0.15) is 0 Å². The molecule has 0 unspecified atom stereocenters. The van der Waals surface area contributed by atoms with Crippen molar-refractivity contribution in [1.29, 1.82) is 0 Å². The topological polar surface area (TPSA) is 63.9 Å². The van der Waals surface area contributed by atoms with Crippen molar-refractivity contribution >= 4 is 5.91 Å². The van der Waals surface area contributed by atoms with Gasteiger partial charge in [0.05, 0.1) is 19.5 Å². The fourth-order valence-electron chi connectivity index (χ4n) is 2.98. The van der Waals surface area contributed by atoms with Crippen LogP contribution in [-0.2, 0) is 11.3 Å². The van der Waals surface area contributed by atoms with E-state index in [4.69, 9.17) is 13.9 Å². The second kappa shape index (κ2) is 8.38. The van der Waals surface area contributed by atoms with E-state index in [1.165, 1.54) is 6.26 Å². The monoisotopic (exact) mass is 358 g/mol. The lowest BCUT2D eigenvalue weighted by molar-refractivity contribution is -0.00930. The maximum absolute atomic E-state index is 12.6. The predicted molar refractivity (Wildman–Crippen MR) is 98.3 cm³/mol. The number of para-hydroxylation sites is 1. The van der Waals surface area contributed by atoms with Crippen LogP contribution in [0, 0.1) is 0 Å². The normalized spacial score (nSPS) is 15.6. The molecule has 1 saturated heterocycles. The van der Waals surface area contributed by atoms with E-state index in [2.05, 4.69) is 24.1 Å². The van der Waals surface area contributed by atoms with Gasteiger partial charge in [0.15, 0.2) is 5.76 Å². The van der Waals surface area contributed by atoms with Gasteiger partial charge >= 0.3 is 0 Å². The molecule has 6 nitrogen and oxygen atoms in total. The molecule has 2 aromatic rings. The van der Waals surface area contributed by atoms with Crippen molar-refractivity contribution in [1.82, 2.24) is 10.2 Å². The van der Waals surface area contributed by atoms with Gasteiger partial charge in [-0.15, -0.1) is 0 Å². The summed E-state index contributed by atoms with van der Waals surface area (Å²) in [5, 5.41) is 2.99. The molecular formula is C20H26N2O4. The minimum Gasteiger partial charge on any atom is -0.489 e. The third kappa shape index (κ3) is 4.65. The SMILES string of the molecule is CC(C)(CNC(=O)c1occc1COc1ccccc1)N1CCOCC1. The van der Waals surface area contributed by atoms with Crippen molar-refractivity contribution < 1.29 is 18.7 Å². The van der Waals surface area contributed by atoms with Crippen molar-refractivity contribution in [2.75, 3.05) is 32.8 Å². The van der Waals surface area contributed by atoms with Gasteiger partial charge in [-0.25, -0.2) is 0 Å². The Hall–Kier alpha value is -2.31. The Bertz CT molecular complexity index is 706. The van der Waals surface area contributed by atoms with Crippen molar-refractivity contribution in [3.05, 3.63) is 54.0 Å². The average molecular weight is 358 g/mol. The third-order valence-electron chi connectivity index (χ3n) is 4.64. The summed E-state index contributed by atoms with van der Waals surface area (Å²) in [5.41, 5.74) is 0.586. The zero-order chi connectivity index (χ0) is 18.4. The van der Waals surface area contributed by atoms with Crippen molar-refractivity contribution in [3.63, 3.8) is 0 Å². The number of benzene rings is 1. The first-order chi connectivity index (χ1) is 12.6. The van der Waals surface area contributed by atoms with Gasteiger partial charge < -0.3 is 19.2 Å². The van der Waals surface area contributed by atoms with Crippen LogP contribution in [-0.4, -0.2) is 49.2 Å². The first kappa shape index (κ1) is 18.5. The Labute approximate surface area is 154 Å². The molecule has 0 bridgehead atoms. The summed E-state index contributed by atoms with van der Waals surface area (Å²) < 4.78 is 16.5. The van der Waals surface area contributed by atoms with Gasteiger partial charge in [-0.3, -0.25) is 9.69 Å². The number of carbonyl (C=O) groups excluding carboxylic acids is 1. The van der Waals surface area contributed by atoms with Gasteiger partial charge in [0.1, 0.15) is 12.4 Å². The van der Waals surface area contributed by atoms with Crippen LogP contribution in [0.4, 0.5) is 0 Å². The third-order valence-corrected chi connectivity index (χ3v) is 4.64. The van der Waals surface area contributed by atoms with E-state index >= 15 is 0 Å². The standard InChI is InChI=1S/C20H26N2O4/c1-20(2,22-9-12-24-13-10-22)15-21-19(23)18-16(8-11-25-18)14-26-17-6-4-3-5-7-17/h3-8,11H,9-10,12-15H2,1-2H3,(H,21,23). The number of furan rings is 1. The largest absolute Gasteiger partial charge is 0.489 e. The summed E-state index contributed by atoms with van der Waals surface area (Å²) in [5.74, 6) is 0.843. The van der Waals surface area contributed by atoms with Crippen molar-refractivity contribution in [2.45, 2.75) is 26.0 Å². The fourth-order valence-corrected chi connectivity index (χ4v) is 2.98. The Morgan fingerprint density at radius 1 is 1.19 bits per heavy atom. The van der Waals surface area contributed by atoms with Gasteiger partial charge in [0.2, 0.25) is 0 Å². The van der Waals surface area contributed by atoms with E-state index in [1.54, 1.807) is 6.07 Å². The van der Waals surface area contributed by atoms with Crippen LogP contribution in [0.15, 0.2) is 47.1 Å². The Balaban J connectivity index is 1.55. The molecule has 2 heterocycles. The van der Waals surface area contributed by atoms with Crippen LogP contribution in [0.3, 0.4) is 0 Å². The summed E-state index contributed by atoms with van der Waals surface area (Å²) in [4.78, 5) is 14.9. The second-order valence-corrected chi connectivity index (χ2v) is 6.97. The molecular weight excluding hydrogens is 332 g/mol. The lowest BCUT2D eigenvalue weighted by atomic mass is 10.0. The molecule has 0 saturated carbocycles. The zero-order valence-corrected chi connectivity index (χ0v) is 15.4. The first-order valence-electron chi connectivity index (χ1n) is 8.91. The summed E-state index contributed by atoms with van der Waals surface area (Å²) in [6, 6.07) is 11.3. The maximum Gasteiger partial charge on any atom is 0.287 e. The highest BCUT2D eigenvalue weighted by Gasteiger charge is 2.29. The molecule has 1 aliphatic heterocycles. The average Bonchev–Trinajstić information content (AvgIpc) is 3.15. The van der Waals surface area contributed by atoms with Crippen LogP contribution in [0.25, 0.3) is 0 Å². The molecule has 26 heavy (non-hydrogen) atoms. The molecule has 0 aliphatic carbocycles. The number of morpholine rings is 1. The zero-order valence-electron chi connectivity index (χ0n) is 15.4. The molecule has 0 radical (unpaired) electrons. The van der Waals surface area contributed by atoms with Crippen LogP contribution in [0.5, 0.6) is 5.75 Å². The summed E-state index contributed by atoms with van der Waals surface area (Å²) in [6.45, 7) is 8.29. The van der Waals surface area contributed by atoms with Gasteiger partial charge in [0.25, 0.3) is 5.91 Å². The Morgan fingerprint density at radius 2 is 1.92 bits per heavy atom. The molecule has 1 amide bonds. The van der Waals surface area contributed by atoms with E-state index in [9.17, 15) is 4.79 Å². The van der Waals surface area contributed by atoms with E-state index in [1.807, 2.05) is 30.3 Å². The van der Waals surface area contributed by atoms with Crippen LogP contribution >= 0.6 is 0 Å².